The van der Waals surface area contributed by atoms with E-state index in [0.717, 1.165) is 5.56 Å². The summed E-state index contributed by atoms with van der Waals surface area (Å²) in [5.41, 5.74) is 1.43. The van der Waals surface area contributed by atoms with Gasteiger partial charge in [0.05, 0.1) is 10.7 Å². The lowest BCUT2D eigenvalue weighted by Crippen LogP contribution is -2.33. The third-order valence-corrected chi connectivity index (χ3v) is 5.43. The van der Waals surface area contributed by atoms with E-state index in [4.69, 9.17) is 11.6 Å². The highest BCUT2D eigenvalue weighted by molar-refractivity contribution is 8.15. The molecule has 0 saturated carbocycles. The molecule has 7 heteroatoms. The lowest BCUT2D eigenvalue weighted by Gasteiger charge is -2.24. The Morgan fingerprint density at radius 1 is 1.15 bits per heavy atom. The number of hydrogen-bond donors (Lipinski definition) is 0. The monoisotopic (exact) mass is 387 g/mol. The minimum absolute atomic E-state index is 0.0468. The molecule has 0 unspecified atom stereocenters. The van der Waals surface area contributed by atoms with E-state index in [0.29, 0.717) is 15.9 Å². The minimum atomic E-state index is -0.499. The van der Waals surface area contributed by atoms with Crippen molar-refractivity contribution < 1.29 is 9.59 Å². The number of para-hydroxylation sites is 1. The van der Waals surface area contributed by atoms with E-state index >= 15 is 0 Å². The number of benzene rings is 2. The Balaban J connectivity index is 1.94. The Kier molecular flexibility index (Phi) is 5.64. The Morgan fingerprint density at radius 2 is 1.81 bits per heavy atom. The van der Waals surface area contributed by atoms with Crippen LogP contribution in [0.2, 0.25) is 5.02 Å². The van der Waals surface area contributed by atoms with E-state index in [9.17, 15) is 9.59 Å². The lowest BCUT2D eigenvalue weighted by atomic mass is 10.1. The first-order valence-corrected chi connectivity index (χ1v) is 9.29. The van der Waals surface area contributed by atoms with Crippen molar-refractivity contribution >= 4 is 46.0 Å². The van der Waals surface area contributed by atoms with Gasteiger partial charge in [0.2, 0.25) is 5.91 Å². The maximum Gasteiger partial charge on any atom is 0.254 e. The van der Waals surface area contributed by atoms with Gasteiger partial charge in [-0.2, -0.15) is 0 Å². The molecular formula is C19H18ClN3O2S. The molecule has 0 aliphatic carbocycles. The zero-order chi connectivity index (χ0) is 18.7. The van der Waals surface area contributed by atoms with Crippen LogP contribution in [0.1, 0.15) is 10.8 Å². The highest BCUT2D eigenvalue weighted by Crippen LogP contribution is 2.37. The fraction of sp³-hybridized carbons (Fsp3) is 0.211. The molecular weight excluding hydrogens is 370 g/mol. The first-order chi connectivity index (χ1) is 12.5. The van der Waals surface area contributed by atoms with E-state index < -0.39 is 5.25 Å². The second-order valence-electron chi connectivity index (χ2n) is 5.92. The number of amides is 2. The van der Waals surface area contributed by atoms with Gasteiger partial charge in [0.1, 0.15) is 11.8 Å². The van der Waals surface area contributed by atoms with Crippen LogP contribution in [0, 0.1) is 0 Å². The van der Waals surface area contributed by atoms with Crippen LogP contribution in [0.15, 0.2) is 59.6 Å². The van der Waals surface area contributed by atoms with Crippen molar-refractivity contribution in [3.05, 3.63) is 65.2 Å². The molecule has 0 fully saturated rings. The molecule has 0 bridgehead atoms. The summed E-state index contributed by atoms with van der Waals surface area (Å²) in [6.07, 6.45) is 0. The van der Waals surface area contributed by atoms with Crippen molar-refractivity contribution in [1.82, 2.24) is 4.90 Å². The SMILES string of the molecule is CN(C)C(=O)[C@@H](SC1=NCC(=O)N1c1ccccc1Cl)c1ccccc1. The van der Waals surface area contributed by atoms with Gasteiger partial charge in [-0.25, -0.2) is 0 Å². The van der Waals surface area contributed by atoms with Gasteiger partial charge in [-0.05, 0) is 17.7 Å². The summed E-state index contributed by atoms with van der Waals surface area (Å²) in [4.78, 5) is 32.5. The molecule has 0 saturated heterocycles. The van der Waals surface area contributed by atoms with Gasteiger partial charge >= 0.3 is 0 Å². The van der Waals surface area contributed by atoms with Gasteiger partial charge < -0.3 is 4.90 Å². The Labute approximate surface area is 161 Å². The van der Waals surface area contributed by atoms with E-state index in [-0.39, 0.29) is 18.4 Å². The van der Waals surface area contributed by atoms with Crippen LogP contribution in [0.5, 0.6) is 0 Å². The molecule has 1 heterocycles. The number of likely N-dealkylation sites (N-methyl/N-ethyl adjacent to an activating group) is 1. The molecule has 0 aromatic heterocycles. The average molecular weight is 388 g/mol. The number of anilines is 1. The molecule has 134 valence electrons. The molecule has 0 spiro atoms. The molecule has 26 heavy (non-hydrogen) atoms. The number of carbonyl (C=O) groups is 2. The second-order valence-corrected chi connectivity index (χ2v) is 7.40. The number of nitrogens with zero attached hydrogens (tertiary/aromatic N) is 3. The predicted molar refractivity (Wildman–Crippen MR) is 107 cm³/mol. The summed E-state index contributed by atoms with van der Waals surface area (Å²) in [6.45, 7) is 0.0468. The Bertz CT molecular complexity index is 855. The highest BCUT2D eigenvalue weighted by Gasteiger charge is 2.34. The van der Waals surface area contributed by atoms with E-state index in [1.807, 2.05) is 36.4 Å². The normalized spacial score (nSPS) is 15.0. The molecule has 3 rings (SSSR count). The van der Waals surface area contributed by atoms with E-state index in [1.54, 1.807) is 37.2 Å². The van der Waals surface area contributed by atoms with Crippen LogP contribution in [0.4, 0.5) is 5.69 Å². The summed E-state index contributed by atoms with van der Waals surface area (Å²) in [6, 6.07) is 16.6. The first-order valence-electron chi connectivity index (χ1n) is 8.03. The van der Waals surface area contributed by atoms with Gasteiger partial charge in [-0.1, -0.05) is 65.8 Å². The summed E-state index contributed by atoms with van der Waals surface area (Å²) in [5.74, 6) is -0.230. The summed E-state index contributed by atoms with van der Waals surface area (Å²) in [5, 5.41) is 0.444. The summed E-state index contributed by atoms with van der Waals surface area (Å²) in [7, 11) is 3.43. The number of aliphatic imine (C=N–C) groups is 1. The number of thioether (sulfide) groups is 1. The van der Waals surface area contributed by atoms with Gasteiger partial charge in [0, 0.05) is 14.1 Å². The third kappa shape index (κ3) is 3.76. The van der Waals surface area contributed by atoms with Crippen LogP contribution in [-0.2, 0) is 9.59 Å². The number of hydrogen-bond acceptors (Lipinski definition) is 4. The van der Waals surface area contributed by atoms with Crippen LogP contribution in [0.3, 0.4) is 0 Å². The van der Waals surface area contributed by atoms with Crippen molar-refractivity contribution in [2.45, 2.75) is 5.25 Å². The fourth-order valence-corrected chi connectivity index (χ4v) is 4.05. The standard InChI is InChI=1S/C19H18ClN3O2S/c1-22(2)18(25)17(13-8-4-3-5-9-13)26-19-21-12-16(24)23(19)15-11-7-6-10-14(15)20/h3-11,17H,12H2,1-2H3/t17-/m0/s1. The molecule has 5 nitrogen and oxygen atoms in total. The van der Waals surface area contributed by atoms with Gasteiger partial charge in [-0.15, -0.1) is 0 Å². The fourth-order valence-electron chi connectivity index (χ4n) is 2.57. The molecule has 1 aliphatic rings. The van der Waals surface area contributed by atoms with Crippen LogP contribution < -0.4 is 4.90 Å². The zero-order valence-corrected chi connectivity index (χ0v) is 16.0. The Hall–Kier alpha value is -2.31. The largest absolute Gasteiger partial charge is 0.348 e. The molecule has 1 aliphatic heterocycles. The maximum atomic E-state index is 12.7. The molecule has 2 amide bonds. The minimum Gasteiger partial charge on any atom is -0.348 e. The van der Waals surface area contributed by atoms with E-state index in [1.165, 1.54) is 16.7 Å². The van der Waals surface area contributed by atoms with Crippen molar-refractivity contribution in [3.8, 4) is 0 Å². The topological polar surface area (TPSA) is 53.0 Å². The Morgan fingerprint density at radius 3 is 2.46 bits per heavy atom. The molecule has 2 aromatic carbocycles. The highest BCUT2D eigenvalue weighted by atomic mass is 35.5. The van der Waals surface area contributed by atoms with Crippen LogP contribution in [-0.4, -0.2) is 42.5 Å². The number of halogens is 1. The third-order valence-electron chi connectivity index (χ3n) is 3.87. The van der Waals surface area contributed by atoms with E-state index in [2.05, 4.69) is 4.99 Å². The maximum absolute atomic E-state index is 12.7. The quantitative estimate of drug-likeness (QED) is 0.805. The average Bonchev–Trinajstić information content (AvgIpc) is 3.00. The molecule has 0 radical (unpaired) electrons. The van der Waals surface area contributed by atoms with Crippen LogP contribution >= 0.6 is 23.4 Å². The van der Waals surface area contributed by atoms with Gasteiger partial charge in [0.15, 0.2) is 5.17 Å². The van der Waals surface area contributed by atoms with Crippen molar-refractivity contribution in [2.24, 2.45) is 4.99 Å². The lowest BCUT2D eigenvalue weighted by molar-refractivity contribution is -0.128. The summed E-state index contributed by atoms with van der Waals surface area (Å²) < 4.78 is 0. The number of carbonyl (C=O) groups excluding carboxylic acids is 2. The molecule has 0 N–H and O–H groups in total. The zero-order valence-electron chi connectivity index (χ0n) is 14.4. The predicted octanol–water partition coefficient (Wildman–Crippen LogP) is 3.61. The molecule has 1 atom stereocenters. The second kappa shape index (κ2) is 7.93. The van der Waals surface area contributed by atoms with Crippen LogP contribution in [0.25, 0.3) is 0 Å². The first kappa shape index (κ1) is 18.5. The smallest absolute Gasteiger partial charge is 0.254 e. The number of amidine groups is 1. The molecule has 2 aromatic rings. The van der Waals surface area contributed by atoms with Gasteiger partial charge in [-0.3, -0.25) is 19.5 Å². The van der Waals surface area contributed by atoms with Gasteiger partial charge in [0.25, 0.3) is 5.91 Å². The number of rotatable bonds is 4. The van der Waals surface area contributed by atoms with Crippen molar-refractivity contribution in [2.75, 3.05) is 25.5 Å². The van der Waals surface area contributed by atoms with Crippen molar-refractivity contribution in [1.29, 1.82) is 0 Å². The summed E-state index contributed by atoms with van der Waals surface area (Å²) >= 11 is 7.53. The van der Waals surface area contributed by atoms with Crippen molar-refractivity contribution in [3.63, 3.8) is 0 Å².